The van der Waals surface area contributed by atoms with E-state index in [1.165, 1.54) is 17.4 Å². The molecule has 1 amide bonds. The van der Waals surface area contributed by atoms with Gasteiger partial charge in [0.1, 0.15) is 16.8 Å². The van der Waals surface area contributed by atoms with Crippen LogP contribution in [0.25, 0.3) is 6.08 Å². The van der Waals surface area contributed by atoms with Crippen LogP contribution in [0.15, 0.2) is 30.3 Å². The summed E-state index contributed by atoms with van der Waals surface area (Å²) in [4.78, 5) is 12.3. The number of hydrogen-bond acceptors (Lipinski definition) is 5. The smallest absolute Gasteiger partial charge is 0.249 e. The van der Waals surface area contributed by atoms with Crippen LogP contribution in [-0.4, -0.2) is 13.0 Å². The van der Waals surface area contributed by atoms with Crippen molar-refractivity contribution in [1.82, 2.24) is 0 Å². The number of amides is 1. The molecule has 0 aliphatic heterocycles. The largest absolute Gasteiger partial charge is 0.497 e. The lowest BCUT2D eigenvalue weighted by atomic mass is 9.85. The van der Waals surface area contributed by atoms with Crippen molar-refractivity contribution in [2.24, 2.45) is 5.92 Å². The molecule has 1 atom stereocenters. The fourth-order valence-corrected chi connectivity index (χ4v) is 4.58. The standard InChI is InChI=1S/C21H20N2O2S2/c1-13-3-9-16-17(11-13)21(26)27-20(18(16)12-22)23-19(24)10-6-14-4-7-15(25-2)8-5-14/h4-8,10,13H,3,9,11H2,1-2H3,(H,23,24)/b10-6+. The molecule has 1 aromatic heterocycles. The zero-order valence-electron chi connectivity index (χ0n) is 15.2. The molecular formula is C21H20N2O2S2. The van der Waals surface area contributed by atoms with E-state index >= 15 is 0 Å². The Bertz CT molecular complexity index is 985. The van der Waals surface area contributed by atoms with E-state index in [0.717, 1.165) is 45.5 Å². The topological polar surface area (TPSA) is 62.1 Å². The Hall–Kier alpha value is -2.49. The molecule has 6 heteroatoms. The zero-order valence-corrected chi connectivity index (χ0v) is 16.9. The number of fused-ring (bicyclic) bond motifs is 1. The maximum absolute atomic E-state index is 12.3. The van der Waals surface area contributed by atoms with Gasteiger partial charge in [0.2, 0.25) is 5.91 Å². The van der Waals surface area contributed by atoms with Crippen molar-refractivity contribution in [3.63, 3.8) is 0 Å². The molecular weight excluding hydrogens is 376 g/mol. The Morgan fingerprint density at radius 2 is 2.11 bits per heavy atom. The van der Waals surface area contributed by atoms with E-state index in [2.05, 4.69) is 18.3 Å². The van der Waals surface area contributed by atoms with Gasteiger partial charge in [0, 0.05) is 6.08 Å². The number of rotatable bonds is 4. The summed E-state index contributed by atoms with van der Waals surface area (Å²) in [5.41, 5.74) is 3.56. The highest BCUT2D eigenvalue weighted by Crippen LogP contribution is 2.35. The van der Waals surface area contributed by atoms with Gasteiger partial charge in [-0.25, -0.2) is 0 Å². The van der Waals surface area contributed by atoms with E-state index in [1.54, 1.807) is 13.2 Å². The van der Waals surface area contributed by atoms with Crippen molar-refractivity contribution in [2.45, 2.75) is 26.2 Å². The molecule has 3 rings (SSSR count). The first-order valence-corrected chi connectivity index (χ1v) is 9.96. The first kappa shape index (κ1) is 19.3. The summed E-state index contributed by atoms with van der Waals surface area (Å²) in [6, 6.07) is 9.68. The van der Waals surface area contributed by atoms with Crippen LogP contribution < -0.4 is 10.1 Å². The Morgan fingerprint density at radius 1 is 1.37 bits per heavy atom. The molecule has 0 spiro atoms. The molecule has 0 saturated heterocycles. The minimum Gasteiger partial charge on any atom is -0.497 e. The molecule has 0 radical (unpaired) electrons. The van der Waals surface area contributed by atoms with Gasteiger partial charge in [0.15, 0.2) is 0 Å². The lowest BCUT2D eigenvalue weighted by molar-refractivity contribution is -0.111. The number of carbonyl (C=O) groups excluding carboxylic acids is 1. The SMILES string of the molecule is COc1ccc(/C=C/C(=O)Nc2sc(=S)c3c(c2C#N)CCC(C)C3)cc1. The van der Waals surface area contributed by atoms with Crippen molar-refractivity contribution < 1.29 is 9.53 Å². The van der Waals surface area contributed by atoms with Gasteiger partial charge in [0.05, 0.1) is 16.5 Å². The predicted octanol–water partition coefficient (Wildman–Crippen LogP) is 5.13. The molecule has 27 heavy (non-hydrogen) atoms. The Labute approximate surface area is 168 Å². The maximum atomic E-state index is 12.3. The van der Waals surface area contributed by atoms with Crippen LogP contribution in [-0.2, 0) is 17.6 Å². The molecule has 1 aromatic carbocycles. The molecule has 138 valence electrons. The summed E-state index contributed by atoms with van der Waals surface area (Å²) < 4.78 is 5.89. The highest BCUT2D eigenvalue weighted by atomic mass is 32.1. The van der Waals surface area contributed by atoms with Crippen molar-refractivity contribution >= 4 is 40.5 Å². The molecule has 1 aliphatic carbocycles. The number of anilines is 1. The molecule has 1 heterocycles. The second-order valence-corrected chi connectivity index (χ2v) is 8.29. The van der Waals surface area contributed by atoms with Crippen LogP contribution in [0, 0.1) is 21.1 Å². The molecule has 0 saturated carbocycles. The summed E-state index contributed by atoms with van der Waals surface area (Å²) in [5, 5.41) is 13.0. The van der Waals surface area contributed by atoms with Gasteiger partial charge >= 0.3 is 0 Å². The zero-order chi connectivity index (χ0) is 19.4. The number of ether oxygens (including phenoxy) is 1. The van der Waals surface area contributed by atoms with Gasteiger partial charge in [-0.15, -0.1) is 11.3 Å². The predicted molar refractivity (Wildman–Crippen MR) is 112 cm³/mol. The second kappa shape index (κ2) is 8.47. The van der Waals surface area contributed by atoms with Crippen LogP contribution in [0.5, 0.6) is 5.75 Å². The molecule has 1 aliphatic rings. The number of nitrogens with zero attached hydrogens (tertiary/aromatic N) is 1. The Morgan fingerprint density at radius 3 is 2.78 bits per heavy atom. The van der Waals surface area contributed by atoms with E-state index in [1.807, 2.05) is 24.3 Å². The van der Waals surface area contributed by atoms with E-state index < -0.39 is 0 Å². The number of nitriles is 1. The van der Waals surface area contributed by atoms with Gasteiger partial charge in [-0.1, -0.05) is 31.3 Å². The van der Waals surface area contributed by atoms with Gasteiger partial charge in [-0.2, -0.15) is 5.26 Å². The average molecular weight is 397 g/mol. The number of carbonyl (C=O) groups is 1. The van der Waals surface area contributed by atoms with Crippen molar-refractivity contribution in [2.75, 3.05) is 12.4 Å². The Balaban J connectivity index is 1.81. The minimum absolute atomic E-state index is 0.280. The quantitative estimate of drug-likeness (QED) is 0.574. The van der Waals surface area contributed by atoms with Crippen LogP contribution in [0.1, 0.15) is 35.6 Å². The summed E-state index contributed by atoms with van der Waals surface area (Å²) in [7, 11) is 1.61. The fourth-order valence-electron chi connectivity index (χ4n) is 3.19. The van der Waals surface area contributed by atoms with E-state index in [-0.39, 0.29) is 5.91 Å². The summed E-state index contributed by atoms with van der Waals surface area (Å²) in [6.45, 7) is 2.20. The average Bonchev–Trinajstić information content (AvgIpc) is 2.67. The van der Waals surface area contributed by atoms with Crippen LogP contribution in [0.4, 0.5) is 5.00 Å². The monoisotopic (exact) mass is 396 g/mol. The summed E-state index contributed by atoms with van der Waals surface area (Å²) in [5.74, 6) is 1.06. The Kier molecular flexibility index (Phi) is 6.04. The molecule has 0 fully saturated rings. The van der Waals surface area contributed by atoms with Crippen LogP contribution >= 0.6 is 23.6 Å². The maximum Gasteiger partial charge on any atom is 0.249 e. The number of hydrogen-bond donors (Lipinski definition) is 1. The van der Waals surface area contributed by atoms with Crippen LogP contribution in [0.2, 0.25) is 0 Å². The van der Waals surface area contributed by atoms with E-state index in [0.29, 0.717) is 16.5 Å². The first-order chi connectivity index (χ1) is 13.0. The number of nitrogens with one attached hydrogen (secondary N) is 1. The van der Waals surface area contributed by atoms with E-state index in [9.17, 15) is 10.1 Å². The van der Waals surface area contributed by atoms with Gasteiger partial charge in [-0.3, -0.25) is 4.79 Å². The molecule has 1 N–H and O–H groups in total. The number of methoxy groups -OCH3 is 1. The van der Waals surface area contributed by atoms with Gasteiger partial charge < -0.3 is 10.1 Å². The van der Waals surface area contributed by atoms with Crippen molar-refractivity contribution in [3.05, 3.63) is 56.4 Å². The molecule has 4 nitrogen and oxygen atoms in total. The molecule has 0 bridgehead atoms. The summed E-state index contributed by atoms with van der Waals surface area (Å²) in [6.07, 6.45) is 5.96. The van der Waals surface area contributed by atoms with E-state index in [4.69, 9.17) is 17.0 Å². The normalized spacial score (nSPS) is 15.8. The third-order valence-electron chi connectivity index (χ3n) is 4.67. The molecule has 1 unspecified atom stereocenters. The van der Waals surface area contributed by atoms with Crippen LogP contribution in [0.3, 0.4) is 0 Å². The van der Waals surface area contributed by atoms with Crippen molar-refractivity contribution in [3.8, 4) is 11.8 Å². The minimum atomic E-state index is -0.280. The highest BCUT2D eigenvalue weighted by molar-refractivity contribution is 7.73. The summed E-state index contributed by atoms with van der Waals surface area (Å²) >= 11 is 6.84. The first-order valence-electron chi connectivity index (χ1n) is 8.74. The third-order valence-corrected chi connectivity index (χ3v) is 6.10. The molecule has 2 aromatic rings. The second-order valence-electron chi connectivity index (χ2n) is 6.61. The van der Waals surface area contributed by atoms with Crippen molar-refractivity contribution in [1.29, 1.82) is 5.26 Å². The lowest BCUT2D eigenvalue weighted by Crippen LogP contribution is -2.15. The fraction of sp³-hybridized carbons (Fsp3) is 0.286. The lowest BCUT2D eigenvalue weighted by Gasteiger charge is -2.23. The highest BCUT2D eigenvalue weighted by Gasteiger charge is 2.23. The third kappa shape index (κ3) is 4.44. The number of benzene rings is 1. The van der Waals surface area contributed by atoms with Gasteiger partial charge in [-0.05, 0) is 60.1 Å². The van der Waals surface area contributed by atoms with Gasteiger partial charge in [0.25, 0.3) is 0 Å².